The molecule has 7 aromatic heterocycles. The largest absolute Gasteiger partial charge is 0.352 e. The lowest BCUT2D eigenvalue weighted by atomic mass is 10.2. The molecule has 0 aliphatic carbocycles. The molecule has 35 heavy (non-hydrogen) atoms. The quantitative estimate of drug-likeness (QED) is 0.418. The van der Waals surface area contributed by atoms with Gasteiger partial charge in [-0.1, -0.05) is 12.1 Å². The normalized spacial score (nSPS) is 11.4. The molecule has 0 aromatic carbocycles. The van der Waals surface area contributed by atoms with Crippen molar-refractivity contribution in [2.45, 2.75) is 0 Å². The molecule has 7 aromatic rings. The van der Waals surface area contributed by atoms with Crippen LogP contribution in [0.3, 0.4) is 0 Å². The van der Waals surface area contributed by atoms with Crippen LogP contribution in [0, 0.1) is 0 Å². The molecule has 9 nitrogen and oxygen atoms in total. The molecule has 0 bridgehead atoms. The smallest absolute Gasteiger partial charge is 0.196 e. The third kappa shape index (κ3) is 3.10. The van der Waals surface area contributed by atoms with E-state index in [2.05, 4.69) is 24.9 Å². The molecule has 0 spiro atoms. The highest BCUT2D eigenvalue weighted by Crippen LogP contribution is 2.32. The van der Waals surface area contributed by atoms with Gasteiger partial charge in [-0.3, -0.25) is 8.80 Å². The summed E-state index contributed by atoms with van der Waals surface area (Å²) in [6, 6.07) is 19.6. The zero-order valence-corrected chi connectivity index (χ0v) is 18.3. The van der Waals surface area contributed by atoms with E-state index in [1.54, 1.807) is 36.9 Å². The van der Waals surface area contributed by atoms with E-state index in [0.717, 1.165) is 33.8 Å². The number of fused-ring (bicyclic) bond motifs is 2. The lowest BCUT2D eigenvalue weighted by Gasteiger charge is -1.99. The fraction of sp³-hybridized carbons (Fsp3) is 0. The second-order valence-corrected chi connectivity index (χ2v) is 7.91. The van der Waals surface area contributed by atoms with E-state index >= 15 is 0 Å². The first-order chi connectivity index (χ1) is 17.4. The van der Waals surface area contributed by atoms with Gasteiger partial charge in [0.2, 0.25) is 0 Å². The van der Waals surface area contributed by atoms with E-state index in [1.807, 2.05) is 69.7 Å². The van der Waals surface area contributed by atoms with Crippen LogP contribution >= 0.6 is 0 Å². The van der Waals surface area contributed by atoms with E-state index in [-0.39, 0.29) is 0 Å². The second kappa shape index (κ2) is 7.70. The molecule has 9 heteroatoms. The summed E-state index contributed by atoms with van der Waals surface area (Å²) in [5.74, 6) is 2.50. The van der Waals surface area contributed by atoms with Gasteiger partial charge in [0.05, 0.1) is 22.4 Å². The van der Waals surface area contributed by atoms with Gasteiger partial charge in [0.15, 0.2) is 23.3 Å². The number of aromatic amines is 1. The lowest BCUT2D eigenvalue weighted by molar-refractivity contribution is 1.07. The maximum absolute atomic E-state index is 4.91. The Morgan fingerprint density at radius 2 is 0.971 bits per heavy atom. The van der Waals surface area contributed by atoms with Crippen molar-refractivity contribution in [3.63, 3.8) is 0 Å². The monoisotopic (exact) mass is 455 g/mol. The van der Waals surface area contributed by atoms with Gasteiger partial charge in [-0.2, -0.15) is 0 Å². The minimum atomic E-state index is 0.569. The Morgan fingerprint density at radius 1 is 0.514 bits per heavy atom. The Balaban J connectivity index is 1.38. The molecule has 0 radical (unpaired) electrons. The van der Waals surface area contributed by atoms with Gasteiger partial charge in [-0.05, 0) is 48.5 Å². The third-order valence-corrected chi connectivity index (χ3v) is 5.82. The fourth-order valence-corrected chi connectivity index (χ4v) is 4.29. The van der Waals surface area contributed by atoms with Crippen molar-refractivity contribution in [2.75, 3.05) is 0 Å². The molecule has 0 amide bonds. The zero-order valence-electron chi connectivity index (χ0n) is 18.3. The predicted octanol–water partition coefficient (Wildman–Crippen LogP) is 4.56. The predicted molar refractivity (Wildman–Crippen MR) is 131 cm³/mol. The third-order valence-electron chi connectivity index (χ3n) is 5.82. The van der Waals surface area contributed by atoms with Crippen molar-refractivity contribution in [3.05, 3.63) is 97.8 Å². The van der Waals surface area contributed by atoms with Crippen molar-refractivity contribution < 1.29 is 0 Å². The molecule has 0 saturated heterocycles. The van der Waals surface area contributed by atoms with Crippen molar-refractivity contribution in [1.29, 1.82) is 0 Å². The van der Waals surface area contributed by atoms with Gasteiger partial charge in [-0.15, -0.1) is 0 Å². The van der Waals surface area contributed by atoms with Crippen molar-refractivity contribution >= 4 is 11.0 Å². The number of pyridine rings is 2. The molecule has 0 fully saturated rings. The first-order valence-electron chi connectivity index (χ1n) is 11.1. The summed E-state index contributed by atoms with van der Waals surface area (Å²) in [5.41, 5.74) is 5.29. The number of aromatic nitrogens is 9. The van der Waals surface area contributed by atoms with Crippen LogP contribution in [0.2, 0.25) is 0 Å². The first-order valence-corrected chi connectivity index (χ1v) is 11.1. The van der Waals surface area contributed by atoms with E-state index in [1.165, 1.54) is 0 Å². The minimum Gasteiger partial charge on any atom is -0.352 e. The van der Waals surface area contributed by atoms with E-state index in [0.29, 0.717) is 23.3 Å². The van der Waals surface area contributed by atoms with Gasteiger partial charge in [-0.25, -0.2) is 29.9 Å². The van der Waals surface area contributed by atoms with Crippen molar-refractivity contribution in [1.82, 2.24) is 43.7 Å². The van der Waals surface area contributed by atoms with Gasteiger partial charge in [0, 0.05) is 37.2 Å². The van der Waals surface area contributed by atoms with Crippen LogP contribution in [0.15, 0.2) is 97.8 Å². The van der Waals surface area contributed by atoms with Crippen LogP contribution in [0.4, 0.5) is 0 Å². The summed E-state index contributed by atoms with van der Waals surface area (Å²) in [7, 11) is 0. The standard InChI is InChI=1S/C26H17N9/c1-3-15-34-19(7-1)21(32-25(34)23-27-11-5-12-28-23)17-9-10-18(31-17)22-20-8-2-4-16-35(20)26(33-22)24-29-13-6-14-30-24/h1-16,31H. The van der Waals surface area contributed by atoms with Gasteiger partial charge in [0.1, 0.15) is 11.4 Å². The number of rotatable bonds is 4. The summed E-state index contributed by atoms with van der Waals surface area (Å²) in [6.45, 7) is 0. The minimum absolute atomic E-state index is 0.569. The van der Waals surface area contributed by atoms with Crippen LogP contribution in [-0.4, -0.2) is 43.7 Å². The van der Waals surface area contributed by atoms with Gasteiger partial charge >= 0.3 is 0 Å². The molecule has 0 unspecified atom stereocenters. The number of imidazole rings is 2. The fourth-order valence-electron chi connectivity index (χ4n) is 4.29. The molecule has 0 aliphatic rings. The number of nitrogens with zero attached hydrogens (tertiary/aromatic N) is 8. The highest BCUT2D eigenvalue weighted by atomic mass is 15.1. The van der Waals surface area contributed by atoms with Crippen LogP contribution in [0.1, 0.15) is 0 Å². The molecule has 1 N–H and O–H groups in total. The molecule has 166 valence electrons. The molecule has 7 heterocycles. The van der Waals surface area contributed by atoms with Crippen LogP contribution in [0.25, 0.3) is 57.1 Å². The molecular formula is C26H17N9. The number of hydrogen-bond acceptors (Lipinski definition) is 6. The Bertz CT molecular complexity index is 1670. The topological polar surface area (TPSA) is 102 Å². The van der Waals surface area contributed by atoms with E-state index in [4.69, 9.17) is 9.97 Å². The Labute approximate surface area is 198 Å². The van der Waals surface area contributed by atoms with Crippen LogP contribution in [-0.2, 0) is 0 Å². The van der Waals surface area contributed by atoms with Crippen LogP contribution in [0.5, 0.6) is 0 Å². The van der Waals surface area contributed by atoms with Crippen molar-refractivity contribution in [3.8, 4) is 46.1 Å². The molecular weight excluding hydrogens is 438 g/mol. The van der Waals surface area contributed by atoms with Crippen LogP contribution < -0.4 is 0 Å². The van der Waals surface area contributed by atoms with E-state index < -0.39 is 0 Å². The summed E-state index contributed by atoms with van der Waals surface area (Å²) in [5, 5.41) is 0. The second-order valence-electron chi connectivity index (χ2n) is 7.91. The molecule has 0 atom stereocenters. The first kappa shape index (κ1) is 19.3. The molecule has 0 aliphatic heterocycles. The molecule has 7 rings (SSSR count). The SMILES string of the molecule is c1cnc(-c2nc(-c3ccc(-c4nc(-c5ncccn5)n5ccccc45)[nH]3)c3ccccn23)nc1. The maximum Gasteiger partial charge on any atom is 0.196 e. The summed E-state index contributed by atoms with van der Waals surface area (Å²) >= 11 is 0. The van der Waals surface area contributed by atoms with Gasteiger partial charge in [0.25, 0.3) is 0 Å². The summed E-state index contributed by atoms with van der Waals surface area (Å²) in [6.07, 6.45) is 10.8. The highest BCUT2D eigenvalue weighted by Gasteiger charge is 2.20. The number of nitrogens with one attached hydrogen (secondary N) is 1. The lowest BCUT2D eigenvalue weighted by Crippen LogP contribution is -1.93. The summed E-state index contributed by atoms with van der Waals surface area (Å²) < 4.78 is 4.00. The van der Waals surface area contributed by atoms with E-state index in [9.17, 15) is 0 Å². The van der Waals surface area contributed by atoms with Crippen molar-refractivity contribution in [2.24, 2.45) is 0 Å². The average Bonchev–Trinajstić information content (AvgIpc) is 3.65. The Morgan fingerprint density at radius 3 is 1.43 bits per heavy atom. The Kier molecular flexibility index (Phi) is 4.25. The maximum atomic E-state index is 4.91. The van der Waals surface area contributed by atoms with Gasteiger partial charge < -0.3 is 4.98 Å². The zero-order chi connectivity index (χ0) is 23.2. The Hall–Kier alpha value is -5.18. The highest BCUT2D eigenvalue weighted by molar-refractivity contribution is 5.83. The summed E-state index contributed by atoms with van der Waals surface area (Å²) in [4.78, 5) is 30.9. The molecule has 0 saturated carbocycles. The number of H-pyrrole nitrogens is 1. The number of hydrogen-bond donors (Lipinski definition) is 1. The average molecular weight is 455 g/mol.